The first-order valence-electron chi connectivity index (χ1n) is 6.45. The van der Waals surface area contributed by atoms with Crippen molar-refractivity contribution in [3.8, 4) is 0 Å². The smallest absolute Gasteiger partial charge is 0.246 e. The Morgan fingerprint density at radius 1 is 1.26 bits per heavy atom. The van der Waals surface area contributed by atoms with Crippen molar-refractivity contribution in [2.45, 2.75) is 0 Å². The van der Waals surface area contributed by atoms with Gasteiger partial charge in [-0.3, -0.25) is 4.79 Å². The second-order valence-electron chi connectivity index (χ2n) is 4.56. The summed E-state index contributed by atoms with van der Waals surface area (Å²) in [5.41, 5.74) is 2.12. The van der Waals surface area contributed by atoms with Crippen LogP contribution in [0.3, 0.4) is 0 Å². The van der Waals surface area contributed by atoms with Crippen LogP contribution in [0.2, 0.25) is 0 Å². The van der Waals surface area contributed by atoms with Crippen LogP contribution in [-0.4, -0.2) is 42.1 Å². The second-order valence-corrected chi connectivity index (χ2v) is 4.56. The SMILES string of the molecule is O=C(/C=C/c1c[nH]c2ccccc12)N1CCOCC1. The van der Waals surface area contributed by atoms with Crippen molar-refractivity contribution in [3.05, 3.63) is 42.1 Å². The van der Waals surface area contributed by atoms with Gasteiger partial charge in [0.25, 0.3) is 0 Å². The molecule has 3 rings (SSSR count). The first-order chi connectivity index (χ1) is 9.34. The predicted octanol–water partition coefficient (Wildman–Crippen LogP) is 2.04. The number of ether oxygens (including phenoxy) is 1. The van der Waals surface area contributed by atoms with Gasteiger partial charge in [-0.15, -0.1) is 0 Å². The zero-order valence-corrected chi connectivity index (χ0v) is 10.6. The number of benzene rings is 1. The third kappa shape index (κ3) is 2.53. The summed E-state index contributed by atoms with van der Waals surface area (Å²) in [5.74, 6) is 0.0496. The third-order valence-electron chi connectivity index (χ3n) is 3.35. The van der Waals surface area contributed by atoms with E-state index in [4.69, 9.17) is 4.74 Å². The molecule has 0 spiro atoms. The van der Waals surface area contributed by atoms with Crippen molar-refractivity contribution in [1.29, 1.82) is 0 Å². The van der Waals surface area contributed by atoms with Crippen LogP contribution >= 0.6 is 0 Å². The van der Waals surface area contributed by atoms with E-state index in [1.807, 2.05) is 41.4 Å². The predicted molar refractivity (Wildman–Crippen MR) is 74.7 cm³/mol. The van der Waals surface area contributed by atoms with Crippen LogP contribution in [0.15, 0.2) is 36.5 Å². The summed E-state index contributed by atoms with van der Waals surface area (Å²) >= 11 is 0. The van der Waals surface area contributed by atoms with Gasteiger partial charge in [-0.2, -0.15) is 0 Å². The molecule has 1 aliphatic heterocycles. The molecule has 4 heteroatoms. The van der Waals surface area contributed by atoms with Crippen molar-refractivity contribution in [3.63, 3.8) is 0 Å². The van der Waals surface area contributed by atoms with E-state index >= 15 is 0 Å². The van der Waals surface area contributed by atoms with Crippen LogP contribution < -0.4 is 0 Å². The number of para-hydroxylation sites is 1. The molecule has 0 saturated carbocycles. The number of fused-ring (bicyclic) bond motifs is 1. The zero-order valence-electron chi connectivity index (χ0n) is 10.6. The Morgan fingerprint density at radius 3 is 2.89 bits per heavy atom. The van der Waals surface area contributed by atoms with Crippen molar-refractivity contribution in [2.24, 2.45) is 0 Å². The summed E-state index contributed by atoms with van der Waals surface area (Å²) in [7, 11) is 0. The van der Waals surface area contributed by atoms with Crippen molar-refractivity contribution in [2.75, 3.05) is 26.3 Å². The lowest BCUT2D eigenvalue weighted by atomic mass is 10.1. The number of hydrogen-bond acceptors (Lipinski definition) is 2. The Bertz CT molecular complexity index is 609. The number of nitrogens with one attached hydrogen (secondary N) is 1. The summed E-state index contributed by atoms with van der Waals surface area (Å²) in [6.45, 7) is 2.62. The highest BCUT2D eigenvalue weighted by Gasteiger charge is 2.14. The molecule has 1 N–H and O–H groups in total. The fourth-order valence-electron chi connectivity index (χ4n) is 2.28. The van der Waals surface area contributed by atoms with Gasteiger partial charge in [0.1, 0.15) is 0 Å². The number of carbonyl (C=O) groups is 1. The fraction of sp³-hybridized carbons (Fsp3) is 0.267. The van der Waals surface area contributed by atoms with Crippen molar-refractivity contribution in [1.82, 2.24) is 9.88 Å². The molecule has 0 atom stereocenters. The number of nitrogens with zero attached hydrogens (tertiary/aromatic N) is 1. The van der Waals surface area contributed by atoms with E-state index in [9.17, 15) is 4.79 Å². The highest BCUT2D eigenvalue weighted by molar-refractivity contribution is 5.96. The molecule has 2 heterocycles. The molecule has 1 fully saturated rings. The quantitative estimate of drug-likeness (QED) is 0.836. The van der Waals surface area contributed by atoms with Gasteiger partial charge in [-0.1, -0.05) is 18.2 Å². The Labute approximate surface area is 111 Å². The lowest BCUT2D eigenvalue weighted by Crippen LogP contribution is -2.39. The first kappa shape index (κ1) is 12.0. The van der Waals surface area contributed by atoms with Gasteiger partial charge >= 0.3 is 0 Å². The van der Waals surface area contributed by atoms with Gasteiger partial charge in [0.05, 0.1) is 13.2 Å². The Kier molecular flexibility index (Phi) is 3.33. The molecule has 2 aromatic rings. The number of carbonyl (C=O) groups excluding carboxylic acids is 1. The highest BCUT2D eigenvalue weighted by atomic mass is 16.5. The fourth-order valence-corrected chi connectivity index (χ4v) is 2.28. The van der Waals surface area contributed by atoms with Gasteiger partial charge in [-0.05, 0) is 17.7 Å². The molecular weight excluding hydrogens is 240 g/mol. The van der Waals surface area contributed by atoms with E-state index in [-0.39, 0.29) is 5.91 Å². The highest BCUT2D eigenvalue weighted by Crippen LogP contribution is 2.18. The van der Waals surface area contributed by atoms with Crippen molar-refractivity contribution >= 4 is 22.9 Å². The molecule has 0 radical (unpaired) electrons. The third-order valence-corrected chi connectivity index (χ3v) is 3.35. The first-order valence-corrected chi connectivity index (χ1v) is 6.45. The van der Waals surface area contributed by atoms with Gasteiger partial charge in [0.2, 0.25) is 5.91 Å². The average Bonchev–Trinajstić information content (AvgIpc) is 2.89. The summed E-state index contributed by atoms with van der Waals surface area (Å²) < 4.78 is 5.23. The van der Waals surface area contributed by atoms with Crippen LogP contribution in [0.5, 0.6) is 0 Å². The van der Waals surface area contributed by atoms with E-state index in [1.54, 1.807) is 6.08 Å². The van der Waals surface area contributed by atoms with Crippen molar-refractivity contribution < 1.29 is 9.53 Å². The van der Waals surface area contributed by atoms with E-state index in [0.717, 1.165) is 16.5 Å². The topological polar surface area (TPSA) is 45.3 Å². The Morgan fingerprint density at radius 2 is 2.05 bits per heavy atom. The molecular formula is C15H16N2O2. The van der Waals surface area contributed by atoms with Crippen LogP contribution in [-0.2, 0) is 9.53 Å². The molecule has 1 aromatic heterocycles. The Balaban J connectivity index is 1.76. The number of rotatable bonds is 2. The van der Waals surface area contributed by atoms with Gasteiger partial charge in [0.15, 0.2) is 0 Å². The number of morpholine rings is 1. The number of H-pyrrole nitrogens is 1. The van der Waals surface area contributed by atoms with E-state index in [1.165, 1.54) is 0 Å². The molecule has 0 aliphatic carbocycles. The van der Waals surface area contributed by atoms with Crippen LogP contribution in [0.1, 0.15) is 5.56 Å². The molecule has 1 aliphatic rings. The number of aromatic nitrogens is 1. The minimum atomic E-state index is 0.0496. The van der Waals surface area contributed by atoms with E-state index in [0.29, 0.717) is 26.3 Å². The maximum Gasteiger partial charge on any atom is 0.246 e. The molecule has 19 heavy (non-hydrogen) atoms. The lowest BCUT2D eigenvalue weighted by molar-refractivity contribution is -0.129. The lowest BCUT2D eigenvalue weighted by Gasteiger charge is -2.25. The molecule has 0 unspecified atom stereocenters. The average molecular weight is 256 g/mol. The molecule has 1 amide bonds. The molecule has 1 saturated heterocycles. The van der Waals surface area contributed by atoms with Crippen LogP contribution in [0.4, 0.5) is 0 Å². The van der Waals surface area contributed by atoms with Gasteiger partial charge in [0, 0.05) is 36.3 Å². The normalized spacial score (nSPS) is 16.3. The molecule has 0 bridgehead atoms. The molecule has 98 valence electrons. The summed E-state index contributed by atoms with van der Waals surface area (Å²) in [5, 5.41) is 1.13. The molecule has 4 nitrogen and oxygen atoms in total. The summed E-state index contributed by atoms with van der Waals surface area (Å²) in [6.07, 6.45) is 5.44. The minimum absolute atomic E-state index is 0.0496. The molecule has 1 aromatic carbocycles. The number of amides is 1. The zero-order chi connectivity index (χ0) is 13.1. The van der Waals surface area contributed by atoms with E-state index < -0.39 is 0 Å². The monoisotopic (exact) mass is 256 g/mol. The number of aromatic amines is 1. The summed E-state index contributed by atoms with van der Waals surface area (Å²) in [6, 6.07) is 8.06. The van der Waals surface area contributed by atoms with Crippen LogP contribution in [0.25, 0.3) is 17.0 Å². The Hall–Kier alpha value is -2.07. The van der Waals surface area contributed by atoms with Crippen LogP contribution in [0, 0.1) is 0 Å². The minimum Gasteiger partial charge on any atom is -0.378 e. The maximum atomic E-state index is 12.0. The number of hydrogen-bond donors (Lipinski definition) is 1. The van der Waals surface area contributed by atoms with Gasteiger partial charge < -0.3 is 14.6 Å². The largest absolute Gasteiger partial charge is 0.378 e. The maximum absolute atomic E-state index is 12.0. The van der Waals surface area contributed by atoms with E-state index in [2.05, 4.69) is 4.98 Å². The standard InChI is InChI=1S/C15H16N2O2/c18-15(17-7-9-19-10-8-17)6-5-12-11-16-14-4-2-1-3-13(12)14/h1-6,11,16H,7-10H2/b6-5+. The second kappa shape index (κ2) is 5.28. The summed E-state index contributed by atoms with van der Waals surface area (Å²) in [4.78, 5) is 17.0. The van der Waals surface area contributed by atoms with Gasteiger partial charge in [-0.25, -0.2) is 0 Å².